The summed E-state index contributed by atoms with van der Waals surface area (Å²) in [6.07, 6.45) is -0.759. The molecular formula is C5H12FN. The van der Waals surface area contributed by atoms with Crippen molar-refractivity contribution in [3.63, 3.8) is 0 Å². The number of hydrogen-bond acceptors (Lipinski definition) is 1. The van der Waals surface area contributed by atoms with Gasteiger partial charge in [-0.2, -0.15) is 0 Å². The zero-order valence-electron chi connectivity index (χ0n) is 4.82. The van der Waals surface area contributed by atoms with Crippen molar-refractivity contribution in [2.45, 2.75) is 20.0 Å². The van der Waals surface area contributed by atoms with Crippen LogP contribution in [-0.4, -0.2) is 12.7 Å². The third kappa shape index (κ3) is 2.57. The van der Waals surface area contributed by atoms with Crippen molar-refractivity contribution in [2.75, 3.05) is 6.54 Å². The van der Waals surface area contributed by atoms with E-state index < -0.39 is 6.17 Å². The van der Waals surface area contributed by atoms with Gasteiger partial charge in [-0.15, -0.1) is 0 Å². The van der Waals surface area contributed by atoms with Gasteiger partial charge in [-0.3, -0.25) is 0 Å². The number of rotatable bonds is 2. The monoisotopic (exact) mass is 105 g/mol. The van der Waals surface area contributed by atoms with Gasteiger partial charge in [-0.1, -0.05) is 6.92 Å². The Kier molecular flexibility index (Phi) is 2.92. The van der Waals surface area contributed by atoms with E-state index in [1.54, 1.807) is 6.92 Å². The van der Waals surface area contributed by atoms with Crippen LogP contribution in [-0.2, 0) is 0 Å². The second-order valence-corrected chi connectivity index (χ2v) is 1.89. The fraction of sp³-hybridized carbons (Fsp3) is 1.00. The van der Waals surface area contributed by atoms with Gasteiger partial charge in [0.05, 0.1) is 0 Å². The maximum absolute atomic E-state index is 12.0. The summed E-state index contributed by atoms with van der Waals surface area (Å²) in [5.41, 5.74) is 5.13. The molecule has 0 saturated heterocycles. The standard InChI is InChI=1S/C5H12FN/c1-4(3-7)5(2)6/h4-5H,3,7H2,1-2H3/t4?,5-/m1/s1. The van der Waals surface area contributed by atoms with Crippen LogP contribution in [0.1, 0.15) is 13.8 Å². The van der Waals surface area contributed by atoms with Crippen molar-refractivity contribution in [1.29, 1.82) is 0 Å². The van der Waals surface area contributed by atoms with Crippen molar-refractivity contribution >= 4 is 0 Å². The lowest BCUT2D eigenvalue weighted by Crippen LogP contribution is -2.18. The average Bonchev–Trinajstić information content (AvgIpc) is 1.65. The first-order valence-corrected chi connectivity index (χ1v) is 2.52. The summed E-state index contributed by atoms with van der Waals surface area (Å²) >= 11 is 0. The molecule has 0 amide bonds. The molecule has 0 aliphatic rings. The van der Waals surface area contributed by atoms with Crippen LogP contribution in [0, 0.1) is 5.92 Å². The molecule has 0 aromatic carbocycles. The SMILES string of the molecule is CC(CN)[C@@H](C)F. The summed E-state index contributed by atoms with van der Waals surface area (Å²) in [4.78, 5) is 0. The van der Waals surface area contributed by atoms with Gasteiger partial charge in [0.25, 0.3) is 0 Å². The van der Waals surface area contributed by atoms with Crippen LogP contribution in [0.3, 0.4) is 0 Å². The van der Waals surface area contributed by atoms with Gasteiger partial charge in [-0.25, -0.2) is 4.39 Å². The van der Waals surface area contributed by atoms with Crippen molar-refractivity contribution in [2.24, 2.45) is 11.7 Å². The van der Waals surface area contributed by atoms with E-state index in [1.807, 2.05) is 0 Å². The van der Waals surface area contributed by atoms with E-state index >= 15 is 0 Å². The van der Waals surface area contributed by atoms with E-state index in [2.05, 4.69) is 0 Å². The molecular weight excluding hydrogens is 93.1 g/mol. The Bertz CT molecular complexity index is 45.3. The Labute approximate surface area is 43.7 Å². The highest BCUT2D eigenvalue weighted by Gasteiger charge is 2.05. The Morgan fingerprint density at radius 2 is 2.00 bits per heavy atom. The fourth-order valence-corrected chi connectivity index (χ4v) is 0.188. The minimum Gasteiger partial charge on any atom is -0.330 e. The van der Waals surface area contributed by atoms with Gasteiger partial charge in [0.2, 0.25) is 0 Å². The molecule has 0 rings (SSSR count). The Morgan fingerprint density at radius 1 is 1.57 bits per heavy atom. The number of hydrogen-bond donors (Lipinski definition) is 1. The number of alkyl halides is 1. The van der Waals surface area contributed by atoms with Gasteiger partial charge in [0.1, 0.15) is 6.17 Å². The first-order valence-electron chi connectivity index (χ1n) is 2.52. The summed E-state index contributed by atoms with van der Waals surface area (Å²) in [6, 6.07) is 0. The minimum atomic E-state index is -0.759. The second kappa shape index (κ2) is 2.97. The van der Waals surface area contributed by atoms with E-state index in [1.165, 1.54) is 6.92 Å². The third-order valence-electron chi connectivity index (χ3n) is 1.16. The predicted molar refractivity (Wildman–Crippen MR) is 28.8 cm³/mol. The molecule has 0 aromatic heterocycles. The highest BCUT2D eigenvalue weighted by atomic mass is 19.1. The lowest BCUT2D eigenvalue weighted by Gasteiger charge is -2.06. The maximum atomic E-state index is 12.0. The molecule has 0 aliphatic heterocycles. The zero-order valence-corrected chi connectivity index (χ0v) is 4.82. The topological polar surface area (TPSA) is 26.0 Å². The smallest absolute Gasteiger partial charge is 0.101 e. The van der Waals surface area contributed by atoms with Crippen molar-refractivity contribution < 1.29 is 4.39 Å². The highest BCUT2D eigenvalue weighted by Crippen LogP contribution is 2.02. The Morgan fingerprint density at radius 3 is 2.00 bits per heavy atom. The Hall–Kier alpha value is -0.110. The van der Waals surface area contributed by atoms with Crippen molar-refractivity contribution in [1.82, 2.24) is 0 Å². The maximum Gasteiger partial charge on any atom is 0.101 e. The van der Waals surface area contributed by atoms with Crippen LogP contribution in [0.5, 0.6) is 0 Å². The molecule has 1 nitrogen and oxygen atoms in total. The van der Waals surface area contributed by atoms with E-state index in [0.29, 0.717) is 6.54 Å². The molecule has 2 heteroatoms. The van der Waals surface area contributed by atoms with Gasteiger partial charge >= 0.3 is 0 Å². The van der Waals surface area contributed by atoms with Crippen LogP contribution in [0.15, 0.2) is 0 Å². The molecule has 0 bridgehead atoms. The van der Waals surface area contributed by atoms with Gasteiger partial charge < -0.3 is 5.73 Å². The molecule has 1 unspecified atom stereocenters. The molecule has 0 radical (unpaired) electrons. The number of halogens is 1. The Balaban J connectivity index is 3.14. The normalized spacial score (nSPS) is 18.9. The molecule has 0 heterocycles. The molecule has 0 aliphatic carbocycles. The minimum absolute atomic E-state index is 0.0139. The molecule has 44 valence electrons. The van der Waals surface area contributed by atoms with Gasteiger partial charge in [-0.05, 0) is 19.4 Å². The fourth-order valence-electron chi connectivity index (χ4n) is 0.188. The zero-order chi connectivity index (χ0) is 5.86. The first-order chi connectivity index (χ1) is 3.18. The van der Waals surface area contributed by atoms with E-state index in [9.17, 15) is 4.39 Å². The third-order valence-corrected chi connectivity index (χ3v) is 1.16. The van der Waals surface area contributed by atoms with E-state index in [4.69, 9.17) is 5.73 Å². The number of nitrogens with two attached hydrogens (primary N) is 1. The quantitative estimate of drug-likeness (QED) is 0.555. The molecule has 0 fully saturated rings. The van der Waals surface area contributed by atoms with E-state index in [0.717, 1.165) is 0 Å². The summed E-state index contributed by atoms with van der Waals surface area (Å²) in [5.74, 6) is 0.0139. The van der Waals surface area contributed by atoms with E-state index in [-0.39, 0.29) is 5.92 Å². The molecule has 2 atom stereocenters. The lowest BCUT2D eigenvalue weighted by atomic mass is 10.1. The van der Waals surface area contributed by atoms with Gasteiger partial charge in [0, 0.05) is 0 Å². The van der Waals surface area contributed by atoms with Crippen LogP contribution < -0.4 is 5.73 Å². The van der Waals surface area contributed by atoms with Crippen LogP contribution in [0.2, 0.25) is 0 Å². The molecule has 7 heavy (non-hydrogen) atoms. The van der Waals surface area contributed by atoms with Crippen LogP contribution in [0.25, 0.3) is 0 Å². The van der Waals surface area contributed by atoms with Crippen molar-refractivity contribution in [3.8, 4) is 0 Å². The predicted octanol–water partition coefficient (Wildman–Crippen LogP) is 0.939. The van der Waals surface area contributed by atoms with Crippen LogP contribution >= 0.6 is 0 Å². The average molecular weight is 105 g/mol. The molecule has 0 spiro atoms. The first kappa shape index (κ1) is 6.89. The lowest BCUT2D eigenvalue weighted by molar-refractivity contribution is 0.269. The summed E-state index contributed by atoms with van der Waals surface area (Å²) in [6.45, 7) is 3.76. The summed E-state index contributed by atoms with van der Waals surface area (Å²) in [5, 5.41) is 0. The largest absolute Gasteiger partial charge is 0.330 e. The summed E-state index contributed by atoms with van der Waals surface area (Å²) < 4.78 is 12.0. The molecule has 0 saturated carbocycles. The molecule has 2 N–H and O–H groups in total. The highest BCUT2D eigenvalue weighted by molar-refractivity contribution is 4.58. The molecule has 0 aromatic rings. The summed E-state index contributed by atoms with van der Waals surface area (Å²) in [7, 11) is 0. The second-order valence-electron chi connectivity index (χ2n) is 1.89. The van der Waals surface area contributed by atoms with Crippen molar-refractivity contribution in [3.05, 3.63) is 0 Å². The van der Waals surface area contributed by atoms with Gasteiger partial charge in [0.15, 0.2) is 0 Å². The van der Waals surface area contributed by atoms with Crippen LogP contribution in [0.4, 0.5) is 4.39 Å².